The summed E-state index contributed by atoms with van der Waals surface area (Å²) in [5.74, 6) is 1.34. The smallest absolute Gasteiger partial charge is 0.201 e. The summed E-state index contributed by atoms with van der Waals surface area (Å²) < 4.78 is 3.21. The zero-order valence-corrected chi connectivity index (χ0v) is 12.7. The maximum absolute atomic E-state index is 6.07. The zero-order valence-electron chi connectivity index (χ0n) is 11.1. The molecule has 1 saturated heterocycles. The van der Waals surface area contributed by atoms with Crippen molar-refractivity contribution in [3.8, 4) is 0 Å². The van der Waals surface area contributed by atoms with E-state index in [9.17, 15) is 0 Å². The lowest BCUT2D eigenvalue weighted by Gasteiger charge is -2.29. The molecule has 19 heavy (non-hydrogen) atoms. The van der Waals surface area contributed by atoms with E-state index in [4.69, 9.17) is 5.73 Å². The molecule has 0 atom stereocenters. The van der Waals surface area contributed by atoms with Gasteiger partial charge in [-0.3, -0.25) is 0 Å². The number of nitrogens with two attached hydrogens (primary N) is 1. The molecule has 102 valence electrons. The van der Waals surface area contributed by atoms with Gasteiger partial charge in [0.15, 0.2) is 0 Å². The molecule has 4 nitrogen and oxygen atoms in total. The Labute approximate surface area is 121 Å². The highest BCUT2D eigenvalue weighted by atomic mass is 79.9. The van der Waals surface area contributed by atoms with Crippen molar-refractivity contribution in [2.45, 2.75) is 19.4 Å². The van der Waals surface area contributed by atoms with Crippen LogP contribution in [0.4, 0.5) is 5.95 Å². The summed E-state index contributed by atoms with van der Waals surface area (Å²) in [6, 6.07) is 6.17. The summed E-state index contributed by atoms with van der Waals surface area (Å²) in [5, 5.41) is 0. The van der Waals surface area contributed by atoms with Crippen molar-refractivity contribution in [3.05, 3.63) is 22.7 Å². The molecule has 0 aliphatic carbocycles. The van der Waals surface area contributed by atoms with Crippen LogP contribution in [0, 0.1) is 5.92 Å². The van der Waals surface area contributed by atoms with Gasteiger partial charge in [0.05, 0.1) is 11.0 Å². The minimum Gasteiger partial charge on any atom is -0.369 e. The van der Waals surface area contributed by atoms with E-state index in [1.165, 1.54) is 25.9 Å². The first kappa shape index (κ1) is 12.9. The number of hydrogen-bond donors (Lipinski definition) is 1. The molecule has 1 aliphatic heterocycles. The van der Waals surface area contributed by atoms with Crippen molar-refractivity contribution in [1.82, 2.24) is 14.5 Å². The molecule has 0 amide bonds. The fourth-order valence-corrected chi connectivity index (χ4v) is 3.17. The molecule has 5 heteroatoms. The van der Waals surface area contributed by atoms with Crippen LogP contribution in [0.15, 0.2) is 22.7 Å². The van der Waals surface area contributed by atoms with Crippen LogP contribution in [-0.2, 0) is 6.54 Å². The van der Waals surface area contributed by atoms with Gasteiger partial charge in [0, 0.05) is 11.0 Å². The van der Waals surface area contributed by atoms with E-state index in [0.29, 0.717) is 11.9 Å². The number of rotatable bonds is 2. The Bertz CT molecular complexity index is 584. The first-order valence-corrected chi connectivity index (χ1v) is 7.52. The first-order valence-electron chi connectivity index (χ1n) is 6.73. The fourth-order valence-electron chi connectivity index (χ4n) is 2.82. The summed E-state index contributed by atoms with van der Waals surface area (Å²) in [7, 11) is 2.19. The summed E-state index contributed by atoms with van der Waals surface area (Å²) >= 11 is 3.48. The van der Waals surface area contributed by atoms with Gasteiger partial charge in [-0.1, -0.05) is 15.9 Å². The molecule has 0 saturated carbocycles. The molecule has 1 aromatic carbocycles. The van der Waals surface area contributed by atoms with Gasteiger partial charge in [-0.2, -0.15) is 0 Å². The number of piperidine rings is 1. The molecule has 2 aromatic rings. The SMILES string of the molecule is CN1CCC(Cn2c(N)nc3cc(Br)ccc32)CC1. The van der Waals surface area contributed by atoms with Crippen LogP contribution in [0.1, 0.15) is 12.8 Å². The van der Waals surface area contributed by atoms with Gasteiger partial charge in [0.2, 0.25) is 5.95 Å². The maximum atomic E-state index is 6.07. The van der Waals surface area contributed by atoms with Gasteiger partial charge in [0.1, 0.15) is 0 Å². The number of nitrogen functional groups attached to an aromatic ring is 1. The van der Waals surface area contributed by atoms with Crippen molar-refractivity contribution in [2.24, 2.45) is 5.92 Å². The molecular weight excluding hydrogens is 304 g/mol. The van der Waals surface area contributed by atoms with E-state index in [0.717, 1.165) is 22.1 Å². The zero-order chi connectivity index (χ0) is 13.4. The van der Waals surface area contributed by atoms with Gasteiger partial charge < -0.3 is 15.2 Å². The Balaban J connectivity index is 1.86. The van der Waals surface area contributed by atoms with Crippen molar-refractivity contribution in [2.75, 3.05) is 25.9 Å². The largest absolute Gasteiger partial charge is 0.369 e. The molecular formula is C14H19BrN4. The topological polar surface area (TPSA) is 47.1 Å². The van der Waals surface area contributed by atoms with Crippen LogP contribution in [0.2, 0.25) is 0 Å². The third kappa shape index (κ3) is 2.62. The number of aromatic nitrogens is 2. The van der Waals surface area contributed by atoms with E-state index in [1.807, 2.05) is 6.07 Å². The maximum Gasteiger partial charge on any atom is 0.201 e. The van der Waals surface area contributed by atoms with E-state index in [1.54, 1.807) is 0 Å². The van der Waals surface area contributed by atoms with Crippen LogP contribution < -0.4 is 5.73 Å². The predicted molar refractivity (Wildman–Crippen MR) is 82.1 cm³/mol. The third-order valence-electron chi connectivity index (χ3n) is 4.02. The average molecular weight is 323 g/mol. The number of halogens is 1. The predicted octanol–water partition coefficient (Wildman–Crippen LogP) is 2.72. The minimum absolute atomic E-state index is 0.632. The van der Waals surface area contributed by atoms with Crippen LogP contribution >= 0.6 is 15.9 Å². The monoisotopic (exact) mass is 322 g/mol. The lowest BCUT2D eigenvalue weighted by Crippen LogP contribution is -2.32. The fraction of sp³-hybridized carbons (Fsp3) is 0.500. The molecule has 1 aromatic heterocycles. The summed E-state index contributed by atoms with van der Waals surface area (Å²) in [6.45, 7) is 3.35. The number of benzene rings is 1. The highest BCUT2D eigenvalue weighted by molar-refractivity contribution is 9.10. The Hall–Kier alpha value is -1.07. The summed E-state index contributed by atoms with van der Waals surface area (Å²) in [4.78, 5) is 6.85. The Morgan fingerprint density at radius 1 is 1.37 bits per heavy atom. The van der Waals surface area contributed by atoms with Crippen molar-refractivity contribution < 1.29 is 0 Å². The van der Waals surface area contributed by atoms with E-state index in [-0.39, 0.29) is 0 Å². The van der Waals surface area contributed by atoms with Crippen molar-refractivity contribution in [3.63, 3.8) is 0 Å². The molecule has 0 bridgehead atoms. The highest BCUT2D eigenvalue weighted by Gasteiger charge is 2.19. The van der Waals surface area contributed by atoms with Crippen molar-refractivity contribution in [1.29, 1.82) is 0 Å². The Morgan fingerprint density at radius 2 is 2.11 bits per heavy atom. The number of nitrogens with zero attached hydrogens (tertiary/aromatic N) is 3. The molecule has 0 radical (unpaired) electrons. The molecule has 1 aliphatic rings. The second kappa shape index (κ2) is 5.13. The van der Waals surface area contributed by atoms with Gasteiger partial charge in [-0.15, -0.1) is 0 Å². The third-order valence-corrected chi connectivity index (χ3v) is 4.51. The van der Waals surface area contributed by atoms with E-state index < -0.39 is 0 Å². The first-order chi connectivity index (χ1) is 9.13. The summed E-state index contributed by atoms with van der Waals surface area (Å²) in [5.41, 5.74) is 8.18. The Morgan fingerprint density at radius 3 is 2.84 bits per heavy atom. The molecule has 0 unspecified atom stereocenters. The van der Waals surface area contributed by atoms with Crippen LogP contribution in [0.5, 0.6) is 0 Å². The highest BCUT2D eigenvalue weighted by Crippen LogP contribution is 2.25. The van der Waals surface area contributed by atoms with E-state index >= 15 is 0 Å². The van der Waals surface area contributed by atoms with Crippen LogP contribution in [0.25, 0.3) is 11.0 Å². The van der Waals surface area contributed by atoms with Gasteiger partial charge >= 0.3 is 0 Å². The van der Waals surface area contributed by atoms with Crippen LogP contribution in [0.3, 0.4) is 0 Å². The molecule has 1 fully saturated rings. The van der Waals surface area contributed by atoms with Gasteiger partial charge in [-0.05, 0) is 57.1 Å². The molecule has 0 spiro atoms. The number of anilines is 1. The number of likely N-dealkylation sites (tertiary alicyclic amines) is 1. The lowest BCUT2D eigenvalue weighted by molar-refractivity contribution is 0.206. The van der Waals surface area contributed by atoms with E-state index in [2.05, 4.69) is 49.6 Å². The lowest BCUT2D eigenvalue weighted by atomic mass is 9.97. The van der Waals surface area contributed by atoms with Gasteiger partial charge in [-0.25, -0.2) is 4.98 Å². The number of fused-ring (bicyclic) bond motifs is 1. The molecule has 2 heterocycles. The Kier molecular flexibility index (Phi) is 3.50. The summed E-state index contributed by atoms with van der Waals surface area (Å²) in [6.07, 6.45) is 2.48. The normalized spacial score (nSPS) is 18.2. The van der Waals surface area contributed by atoms with Gasteiger partial charge in [0.25, 0.3) is 0 Å². The quantitative estimate of drug-likeness (QED) is 0.924. The second-order valence-corrected chi connectivity index (χ2v) is 6.38. The average Bonchev–Trinajstić information content (AvgIpc) is 2.68. The second-order valence-electron chi connectivity index (χ2n) is 5.46. The van der Waals surface area contributed by atoms with Crippen molar-refractivity contribution >= 4 is 32.9 Å². The molecule has 2 N–H and O–H groups in total. The molecule has 3 rings (SSSR count). The number of hydrogen-bond acceptors (Lipinski definition) is 3. The number of imidazole rings is 1. The minimum atomic E-state index is 0.632. The van der Waals surface area contributed by atoms with Crippen LogP contribution in [-0.4, -0.2) is 34.6 Å². The standard InChI is InChI=1S/C14H19BrN4/c1-18-6-4-10(5-7-18)9-19-13-3-2-11(15)8-12(13)17-14(19)16/h2-3,8,10H,4-7,9H2,1H3,(H2,16,17).